The molecule has 0 amide bonds. The van der Waals surface area contributed by atoms with Crippen LogP contribution >= 0.6 is 0 Å². The van der Waals surface area contributed by atoms with E-state index in [1.807, 2.05) is 0 Å². The van der Waals surface area contributed by atoms with Crippen LogP contribution in [0.15, 0.2) is 0 Å². The second-order valence-electron chi connectivity index (χ2n) is 9.80. The van der Waals surface area contributed by atoms with Crippen molar-refractivity contribution in [3.63, 3.8) is 0 Å². The van der Waals surface area contributed by atoms with Gasteiger partial charge in [0.2, 0.25) is 0 Å². The lowest BCUT2D eigenvalue weighted by Crippen LogP contribution is -2.54. The van der Waals surface area contributed by atoms with Crippen molar-refractivity contribution in [2.24, 2.45) is 34.5 Å². The third-order valence-electron chi connectivity index (χ3n) is 8.90. The van der Waals surface area contributed by atoms with Crippen LogP contribution in [0.1, 0.15) is 78.6 Å². The zero-order chi connectivity index (χ0) is 17.1. The summed E-state index contributed by atoms with van der Waals surface area (Å²) in [6.07, 6.45) is 10.8. The summed E-state index contributed by atoms with van der Waals surface area (Å²) in [5.74, 6) is 2.96. The zero-order valence-corrected chi connectivity index (χ0v) is 15.6. The van der Waals surface area contributed by atoms with Gasteiger partial charge in [0.1, 0.15) is 6.10 Å². The summed E-state index contributed by atoms with van der Waals surface area (Å²) in [4.78, 5) is 11.3. The van der Waals surface area contributed by atoms with Crippen molar-refractivity contribution >= 4 is 5.97 Å². The molecule has 0 radical (unpaired) electrons. The van der Waals surface area contributed by atoms with Gasteiger partial charge in [0.15, 0.2) is 0 Å². The summed E-state index contributed by atoms with van der Waals surface area (Å²) in [5.41, 5.74) is 0.605. The lowest BCUT2D eigenvalue weighted by Gasteiger charge is -2.60. The number of hydrogen-bond donors (Lipinski definition) is 1. The van der Waals surface area contributed by atoms with Crippen molar-refractivity contribution in [3.05, 3.63) is 0 Å². The average Bonchev–Trinajstić information content (AvgIpc) is 2.83. The number of carbonyl (C=O) groups is 1. The Balaban J connectivity index is 1.53. The lowest BCUT2D eigenvalue weighted by molar-refractivity contribution is -0.161. The molecule has 0 heterocycles. The minimum atomic E-state index is -0.120. The molecule has 3 heteroatoms. The van der Waals surface area contributed by atoms with Crippen molar-refractivity contribution in [1.82, 2.24) is 0 Å². The van der Waals surface area contributed by atoms with Gasteiger partial charge in [-0.3, -0.25) is 4.79 Å². The van der Waals surface area contributed by atoms with E-state index in [-0.39, 0.29) is 23.6 Å². The Bertz CT molecular complexity index is 517. The van der Waals surface area contributed by atoms with Gasteiger partial charge in [0, 0.05) is 6.92 Å². The third kappa shape index (κ3) is 2.37. The number of esters is 1. The molecule has 1 N–H and O–H groups in total. The van der Waals surface area contributed by atoms with Crippen LogP contribution in [-0.4, -0.2) is 23.3 Å². The first kappa shape index (κ1) is 16.9. The monoisotopic (exact) mass is 334 g/mol. The third-order valence-corrected chi connectivity index (χ3v) is 8.90. The molecule has 24 heavy (non-hydrogen) atoms. The summed E-state index contributed by atoms with van der Waals surface area (Å²) in [6, 6.07) is 0. The Morgan fingerprint density at radius 1 is 0.958 bits per heavy atom. The average molecular weight is 335 g/mol. The van der Waals surface area contributed by atoms with Crippen LogP contribution in [0.2, 0.25) is 0 Å². The first-order valence-electron chi connectivity index (χ1n) is 10.2. The molecule has 3 nitrogen and oxygen atoms in total. The summed E-state index contributed by atoms with van der Waals surface area (Å²) in [5, 5.41) is 10.5. The fourth-order valence-electron chi connectivity index (χ4n) is 7.53. The molecular formula is C21H34O3. The van der Waals surface area contributed by atoms with Gasteiger partial charge < -0.3 is 9.84 Å². The standard InChI is InChI=1S/C21H34O3/c1-13(22)24-15-8-10-20(2)14(12-15)4-5-16-17-6-7-19(23)21(17,3)11-9-18(16)20/h14-19,23H,4-12H2,1-3H3/t14?,15?,16-,17-,18-,19?,20-,21-/m0/s1. The minimum absolute atomic E-state index is 0.0753. The molecular weight excluding hydrogens is 300 g/mol. The molecule has 4 fully saturated rings. The number of aliphatic hydroxyl groups is 1. The molecule has 0 aromatic carbocycles. The Hall–Kier alpha value is -0.570. The number of rotatable bonds is 1. The zero-order valence-electron chi connectivity index (χ0n) is 15.6. The SMILES string of the molecule is CC(=O)OC1CC[C@@]2(C)C(CC[C@@H]3[C@@H]2CC[C@]2(C)C(O)CC[C@@H]32)C1. The van der Waals surface area contributed by atoms with Gasteiger partial charge in [-0.25, -0.2) is 0 Å². The normalized spacial score (nSPS) is 53.7. The van der Waals surface area contributed by atoms with Gasteiger partial charge in [-0.1, -0.05) is 13.8 Å². The molecule has 0 spiro atoms. The molecule has 4 aliphatic rings. The van der Waals surface area contributed by atoms with Crippen LogP contribution in [0.4, 0.5) is 0 Å². The van der Waals surface area contributed by atoms with Crippen molar-refractivity contribution in [1.29, 1.82) is 0 Å². The molecule has 0 bridgehead atoms. The highest BCUT2D eigenvalue weighted by molar-refractivity contribution is 5.66. The highest BCUT2D eigenvalue weighted by Crippen LogP contribution is 2.66. The highest BCUT2D eigenvalue weighted by Gasteiger charge is 2.60. The van der Waals surface area contributed by atoms with Crippen LogP contribution in [0.5, 0.6) is 0 Å². The second kappa shape index (κ2) is 5.72. The van der Waals surface area contributed by atoms with Crippen LogP contribution < -0.4 is 0 Å². The maximum Gasteiger partial charge on any atom is 0.302 e. The molecule has 0 aromatic rings. The number of fused-ring (bicyclic) bond motifs is 5. The van der Waals surface area contributed by atoms with E-state index in [9.17, 15) is 9.90 Å². The molecule has 4 rings (SSSR count). The van der Waals surface area contributed by atoms with Gasteiger partial charge >= 0.3 is 5.97 Å². The van der Waals surface area contributed by atoms with Crippen molar-refractivity contribution in [2.75, 3.05) is 0 Å². The van der Waals surface area contributed by atoms with Crippen molar-refractivity contribution in [2.45, 2.75) is 90.8 Å². The number of hydrogen-bond acceptors (Lipinski definition) is 3. The maximum absolute atomic E-state index is 11.3. The summed E-state index contributed by atoms with van der Waals surface area (Å²) < 4.78 is 5.55. The Kier molecular flexibility index (Phi) is 4.02. The Morgan fingerprint density at radius 2 is 1.67 bits per heavy atom. The quantitative estimate of drug-likeness (QED) is 0.726. The van der Waals surface area contributed by atoms with Gasteiger partial charge in [0.25, 0.3) is 0 Å². The first-order chi connectivity index (χ1) is 11.3. The smallest absolute Gasteiger partial charge is 0.302 e. The van der Waals surface area contributed by atoms with Gasteiger partial charge in [-0.2, -0.15) is 0 Å². The van der Waals surface area contributed by atoms with Crippen LogP contribution in [-0.2, 0) is 9.53 Å². The van der Waals surface area contributed by atoms with Crippen LogP contribution in [0.3, 0.4) is 0 Å². The first-order valence-corrected chi connectivity index (χ1v) is 10.2. The van der Waals surface area contributed by atoms with E-state index in [1.54, 1.807) is 0 Å². The molecule has 0 saturated heterocycles. The molecule has 8 atom stereocenters. The summed E-state index contributed by atoms with van der Waals surface area (Å²) >= 11 is 0. The molecule has 4 aliphatic carbocycles. The Morgan fingerprint density at radius 3 is 2.42 bits per heavy atom. The minimum Gasteiger partial charge on any atom is -0.463 e. The van der Waals surface area contributed by atoms with E-state index >= 15 is 0 Å². The predicted octanol–water partition coefficient (Wildman–Crippen LogP) is 4.32. The van der Waals surface area contributed by atoms with E-state index in [0.717, 1.165) is 37.0 Å². The molecule has 4 saturated carbocycles. The van der Waals surface area contributed by atoms with Crippen molar-refractivity contribution < 1.29 is 14.6 Å². The molecule has 0 aromatic heterocycles. The number of carbonyl (C=O) groups excluding carboxylic acids is 1. The van der Waals surface area contributed by atoms with Gasteiger partial charge in [-0.05, 0) is 92.3 Å². The van der Waals surface area contributed by atoms with Gasteiger partial charge in [-0.15, -0.1) is 0 Å². The second-order valence-corrected chi connectivity index (χ2v) is 9.80. The largest absolute Gasteiger partial charge is 0.463 e. The fraction of sp³-hybridized carbons (Fsp3) is 0.952. The topological polar surface area (TPSA) is 46.5 Å². The lowest BCUT2D eigenvalue weighted by atomic mass is 9.45. The number of aliphatic hydroxyl groups excluding tert-OH is 1. The number of ether oxygens (including phenoxy) is 1. The highest BCUT2D eigenvalue weighted by atomic mass is 16.5. The van der Waals surface area contributed by atoms with Crippen molar-refractivity contribution in [3.8, 4) is 0 Å². The van der Waals surface area contributed by atoms with Crippen LogP contribution in [0.25, 0.3) is 0 Å². The summed E-state index contributed by atoms with van der Waals surface area (Å²) in [6.45, 7) is 6.43. The van der Waals surface area contributed by atoms with E-state index < -0.39 is 0 Å². The van der Waals surface area contributed by atoms with E-state index in [4.69, 9.17) is 4.74 Å². The van der Waals surface area contributed by atoms with Gasteiger partial charge in [0.05, 0.1) is 6.10 Å². The summed E-state index contributed by atoms with van der Waals surface area (Å²) in [7, 11) is 0. The van der Waals surface area contributed by atoms with Crippen LogP contribution in [0, 0.1) is 34.5 Å². The fourth-order valence-corrected chi connectivity index (χ4v) is 7.53. The Labute approximate surface area is 146 Å². The maximum atomic E-state index is 11.3. The molecule has 3 unspecified atom stereocenters. The van der Waals surface area contributed by atoms with E-state index in [2.05, 4.69) is 13.8 Å². The van der Waals surface area contributed by atoms with E-state index in [0.29, 0.717) is 11.3 Å². The molecule has 0 aliphatic heterocycles. The molecule has 136 valence electrons. The van der Waals surface area contributed by atoms with E-state index in [1.165, 1.54) is 45.4 Å². The predicted molar refractivity (Wildman–Crippen MR) is 93.3 cm³/mol.